The molecule has 0 bridgehead atoms. The standard InChI is InChI=1S/C11H22N2O2S/c1-9(8-16-3)13-10(14)11(15-2)4-6-12-7-5-11/h9,12H,4-8H2,1-3H3,(H,13,14). The highest BCUT2D eigenvalue weighted by atomic mass is 32.2. The van der Waals surface area contributed by atoms with Crippen molar-refractivity contribution in [3.05, 3.63) is 0 Å². The van der Waals surface area contributed by atoms with E-state index < -0.39 is 5.60 Å². The molecule has 0 aliphatic carbocycles. The van der Waals surface area contributed by atoms with Crippen LogP contribution in [0.5, 0.6) is 0 Å². The van der Waals surface area contributed by atoms with Crippen LogP contribution in [0, 0.1) is 0 Å². The zero-order valence-corrected chi connectivity index (χ0v) is 11.2. The highest BCUT2D eigenvalue weighted by Gasteiger charge is 2.39. The molecule has 1 rings (SSSR count). The molecule has 16 heavy (non-hydrogen) atoms. The Morgan fingerprint density at radius 2 is 2.19 bits per heavy atom. The molecule has 0 spiro atoms. The molecule has 4 nitrogen and oxygen atoms in total. The van der Waals surface area contributed by atoms with Gasteiger partial charge in [-0.1, -0.05) is 0 Å². The molecule has 1 amide bonds. The number of carbonyl (C=O) groups is 1. The molecule has 0 saturated carbocycles. The van der Waals surface area contributed by atoms with Gasteiger partial charge in [0.1, 0.15) is 5.60 Å². The Balaban J connectivity index is 2.54. The number of rotatable bonds is 5. The molecule has 1 aliphatic heterocycles. The number of nitrogens with one attached hydrogen (secondary N) is 2. The monoisotopic (exact) mass is 246 g/mol. The van der Waals surface area contributed by atoms with E-state index in [1.54, 1.807) is 18.9 Å². The number of ether oxygens (including phenoxy) is 1. The van der Waals surface area contributed by atoms with E-state index in [0.717, 1.165) is 31.7 Å². The topological polar surface area (TPSA) is 50.4 Å². The average Bonchev–Trinajstić information content (AvgIpc) is 2.30. The third-order valence-corrected chi connectivity index (χ3v) is 3.84. The Kier molecular flexibility index (Phi) is 5.58. The Bertz CT molecular complexity index is 230. The second kappa shape index (κ2) is 6.47. The van der Waals surface area contributed by atoms with E-state index in [2.05, 4.69) is 10.6 Å². The summed E-state index contributed by atoms with van der Waals surface area (Å²) in [7, 11) is 1.63. The van der Waals surface area contributed by atoms with Crippen molar-refractivity contribution in [3.8, 4) is 0 Å². The van der Waals surface area contributed by atoms with E-state index in [1.807, 2.05) is 13.2 Å². The minimum Gasteiger partial charge on any atom is -0.368 e. The fourth-order valence-electron chi connectivity index (χ4n) is 2.00. The maximum Gasteiger partial charge on any atom is 0.252 e. The molecule has 1 heterocycles. The van der Waals surface area contributed by atoms with Gasteiger partial charge in [-0.15, -0.1) is 0 Å². The molecule has 2 N–H and O–H groups in total. The van der Waals surface area contributed by atoms with E-state index in [-0.39, 0.29) is 11.9 Å². The number of thioether (sulfide) groups is 1. The van der Waals surface area contributed by atoms with Crippen molar-refractivity contribution >= 4 is 17.7 Å². The number of methoxy groups -OCH3 is 1. The number of carbonyl (C=O) groups excluding carboxylic acids is 1. The molecule has 1 atom stereocenters. The Morgan fingerprint density at radius 1 is 1.56 bits per heavy atom. The largest absolute Gasteiger partial charge is 0.368 e. The molecule has 1 aliphatic rings. The van der Waals surface area contributed by atoms with Crippen LogP contribution < -0.4 is 10.6 Å². The van der Waals surface area contributed by atoms with Crippen LogP contribution in [0.1, 0.15) is 19.8 Å². The molecular formula is C11H22N2O2S. The second-order valence-electron chi connectivity index (χ2n) is 4.28. The number of piperidine rings is 1. The van der Waals surface area contributed by atoms with Gasteiger partial charge >= 0.3 is 0 Å². The van der Waals surface area contributed by atoms with Crippen LogP contribution in [-0.4, -0.2) is 49.8 Å². The van der Waals surface area contributed by atoms with E-state index in [4.69, 9.17) is 4.74 Å². The maximum absolute atomic E-state index is 12.2. The molecule has 5 heteroatoms. The van der Waals surface area contributed by atoms with Crippen molar-refractivity contribution in [1.29, 1.82) is 0 Å². The van der Waals surface area contributed by atoms with Crippen LogP contribution in [0.2, 0.25) is 0 Å². The summed E-state index contributed by atoms with van der Waals surface area (Å²) in [6.45, 7) is 3.72. The quantitative estimate of drug-likeness (QED) is 0.747. The summed E-state index contributed by atoms with van der Waals surface area (Å²) in [6, 6.07) is 0.199. The SMILES string of the molecule is COC1(C(=O)NC(C)CSC)CCNCC1. The Hall–Kier alpha value is -0.260. The first-order valence-electron chi connectivity index (χ1n) is 5.70. The smallest absolute Gasteiger partial charge is 0.252 e. The molecule has 1 fully saturated rings. The minimum absolute atomic E-state index is 0.0399. The van der Waals surface area contributed by atoms with E-state index in [1.165, 1.54) is 0 Å². The maximum atomic E-state index is 12.2. The van der Waals surface area contributed by atoms with Crippen molar-refractivity contribution in [2.45, 2.75) is 31.4 Å². The molecule has 1 saturated heterocycles. The Labute approximate surface area is 102 Å². The molecular weight excluding hydrogens is 224 g/mol. The lowest BCUT2D eigenvalue weighted by atomic mass is 9.91. The van der Waals surface area contributed by atoms with Crippen molar-refractivity contribution in [2.75, 3.05) is 32.2 Å². The Morgan fingerprint density at radius 3 is 2.69 bits per heavy atom. The van der Waals surface area contributed by atoms with Crippen molar-refractivity contribution < 1.29 is 9.53 Å². The van der Waals surface area contributed by atoms with Gasteiger partial charge in [0.05, 0.1) is 0 Å². The lowest BCUT2D eigenvalue weighted by Crippen LogP contribution is -2.56. The summed E-state index contributed by atoms with van der Waals surface area (Å²) >= 11 is 1.74. The first kappa shape index (κ1) is 13.8. The average molecular weight is 246 g/mol. The first-order valence-corrected chi connectivity index (χ1v) is 7.10. The van der Waals surface area contributed by atoms with E-state index >= 15 is 0 Å². The highest BCUT2D eigenvalue weighted by Crippen LogP contribution is 2.22. The van der Waals surface area contributed by atoms with Crippen LogP contribution in [0.25, 0.3) is 0 Å². The second-order valence-corrected chi connectivity index (χ2v) is 5.19. The van der Waals surface area contributed by atoms with Crippen molar-refractivity contribution in [3.63, 3.8) is 0 Å². The fourth-order valence-corrected chi connectivity index (χ4v) is 2.58. The molecule has 0 aromatic carbocycles. The summed E-state index contributed by atoms with van der Waals surface area (Å²) in [5, 5.41) is 6.27. The molecule has 0 aromatic heterocycles. The van der Waals surface area contributed by atoms with Gasteiger partial charge in [-0.25, -0.2) is 0 Å². The molecule has 1 unspecified atom stereocenters. The van der Waals surface area contributed by atoms with Gasteiger partial charge in [0, 0.05) is 18.9 Å². The van der Waals surface area contributed by atoms with Gasteiger partial charge < -0.3 is 15.4 Å². The van der Waals surface area contributed by atoms with E-state index in [9.17, 15) is 4.79 Å². The van der Waals surface area contributed by atoms with Gasteiger partial charge in [0.15, 0.2) is 0 Å². The number of hydrogen-bond donors (Lipinski definition) is 2. The summed E-state index contributed by atoms with van der Waals surface area (Å²) in [5.74, 6) is 0.974. The van der Waals surface area contributed by atoms with Gasteiger partial charge in [-0.05, 0) is 39.1 Å². The normalized spacial score (nSPS) is 21.4. The zero-order chi connectivity index (χ0) is 12.0. The van der Waals surface area contributed by atoms with Crippen molar-refractivity contribution in [1.82, 2.24) is 10.6 Å². The zero-order valence-electron chi connectivity index (χ0n) is 10.3. The van der Waals surface area contributed by atoms with Crippen molar-refractivity contribution in [2.24, 2.45) is 0 Å². The summed E-state index contributed by atoms with van der Waals surface area (Å²) in [4.78, 5) is 12.2. The van der Waals surface area contributed by atoms with Crippen LogP contribution >= 0.6 is 11.8 Å². The fraction of sp³-hybridized carbons (Fsp3) is 0.909. The van der Waals surface area contributed by atoms with Crippen LogP contribution in [0.15, 0.2) is 0 Å². The van der Waals surface area contributed by atoms with Gasteiger partial charge in [-0.2, -0.15) is 11.8 Å². The van der Waals surface area contributed by atoms with Crippen LogP contribution in [0.4, 0.5) is 0 Å². The lowest BCUT2D eigenvalue weighted by molar-refractivity contribution is -0.147. The molecule has 0 aromatic rings. The van der Waals surface area contributed by atoms with E-state index in [0.29, 0.717) is 0 Å². The van der Waals surface area contributed by atoms with Crippen LogP contribution in [-0.2, 0) is 9.53 Å². The van der Waals surface area contributed by atoms with Gasteiger partial charge in [-0.3, -0.25) is 4.79 Å². The summed E-state index contributed by atoms with van der Waals surface area (Å²) in [6.07, 6.45) is 3.54. The van der Waals surface area contributed by atoms with Gasteiger partial charge in [0.25, 0.3) is 5.91 Å². The minimum atomic E-state index is -0.613. The number of hydrogen-bond acceptors (Lipinski definition) is 4. The van der Waals surface area contributed by atoms with Gasteiger partial charge in [0.2, 0.25) is 0 Å². The molecule has 0 radical (unpaired) electrons. The predicted octanol–water partition coefficient (Wildman–Crippen LogP) is 0.623. The summed E-state index contributed by atoms with van der Waals surface area (Å²) in [5.41, 5.74) is -0.613. The predicted molar refractivity (Wildman–Crippen MR) is 67.8 cm³/mol. The highest BCUT2D eigenvalue weighted by molar-refractivity contribution is 7.98. The molecule has 94 valence electrons. The summed E-state index contributed by atoms with van der Waals surface area (Å²) < 4.78 is 5.46. The third kappa shape index (κ3) is 3.37. The lowest BCUT2D eigenvalue weighted by Gasteiger charge is -2.35. The number of amides is 1. The third-order valence-electron chi connectivity index (χ3n) is 3.01. The first-order chi connectivity index (χ1) is 7.64. The van der Waals surface area contributed by atoms with Crippen LogP contribution in [0.3, 0.4) is 0 Å².